The Morgan fingerprint density at radius 1 is 0.514 bits per heavy atom. The number of hydrogen-bond acceptors (Lipinski definition) is 7. The third kappa shape index (κ3) is 5.97. The first kappa shape index (κ1) is 25.1. The molecule has 0 aromatic heterocycles. The van der Waals surface area contributed by atoms with Crippen molar-refractivity contribution in [1.82, 2.24) is 0 Å². The second kappa shape index (κ2) is 11.6. The molecule has 0 N–H and O–H groups in total. The fourth-order valence-electron chi connectivity index (χ4n) is 3.42. The van der Waals surface area contributed by atoms with Crippen LogP contribution in [0.3, 0.4) is 0 Å². The number of carbonyl (C=O) groups excluding carboxylic acids is 4. The van der Waals surface area contributed by atoms with E-state index in [0.29, 0.717) is 0 Å². The molecular formula is C30H22O7. The van der Waals surface area contributed by atoms with E-state index in [9.17, 15) is 19.2 Å². The average molecular weight is 494 g/mol. The summed E-state index contributed by atoms with van der Waals surface area (Å²) in [5.41, 5.74) is 0.668. The van der Waals surface area contributed by atoms with Gasteiger partial charge < -0.3 is 14.2 Å². The summed E-state index contributed by atoms with van der Waals surface area (Å²) in [6.45, 7) is 1.64. The summed E-state index contributed by atoms with van der Waals surface area (Å²) in [6, 6.07) is 27.1. The molecule has 0 saturated heterocycles. The molecule has 7 nitrogen and oxygen atoms in total. The first-order valence-corrected chi connectivity index (χ1v) is 11.5. The first-order valence-electron chi connectivity index (χ1n) is 11.5. The molecule has 0 amide bonds. The van der Waals surface area contributed by atoms with Crippen LogP contribution in [0.2, 0.25) is 0 Å². The Balaban J connectivity index is 1.82. The third-order valence-electron chi connectivity index (χ3n) is 5.32. The molecule has 0 heterocycles. The first-order chi connectivity index (χ1) is 18.0. The minimum Gasteiger partial charge on any atom is -0.419 e. The molecule has 0 aliphatic rings. The summed E-state index contributed by atoms with van der Waals surface area (Å²) < 4.78 is 16.8. The molecule has 4 rings (SSSR count). The second-order valence-electron chi connectivity index (χ2n) is 7.81. The van der Waals surface area contributed by atoms with Gasteiger partial charge in [-0.25, -0.2) is 14.4 Å². The number of ketones is 1. The van der Waals surface area contributed by atoms with E-state index in [2.05, 4.69) is 0 Å². The van der Waals surface area contributed by atoms with Crippen molar-refractivity contribution in [1.29, 1.82) is 0 Å². The fraction of sp³-hybridized carbons (Fsp3) is 0.0667. The normalized spacial score (nSPS) is 10.3. The molecule has 0 aliphatic heterocycles. The standard InChI is InChI=1S/C30H22O7/c1-2-24(31)23-18-19-25(35-28(32)20-12-6-3-7-13-20)27(37-30(34)22-16-10-5-11-17-22)26(23)36-29(33)21-14-8-4-9-15-21/h3-19H,2H2,1H3. The van der Waals surface area contributed by atoms with Gasteiger partial charge in [0.1, 0.15) is 0 Å². The van der Waals surface area contributed by atoms with E-state index in [1.54, 1.807) is 85.8 Å². The molecule has 0 atom stereocenters. The summed E-state index contributed by atoms with van der Waals surface area (Å²) in [5, 5.41) is 0. The van der Waals surface area contributed by atoms with Crippen molar-refractivity contribution < 1.29 is 33.4 Å². The highest BCUT2D eigenvalue weighted by Gasteiger charge is 2.27. The highest BCUT2D eigenvalue weighted by atomic mass is 16.6. The maximum Gasteiger partial charge on any atom is 0.343 e. The van der Waals surface area contributed by atoms with Gasteiger partial charge in [0.2, 0.25) is 5.75 Å². The molecule has 0 fully saturated rings. The minimum atomic E-state index is -0.796. The Bertz CT molecular complexity index is 1430. The van der Waals surface area contributed by atoms with Gasteiger partial charge in [0.15, 0.2) is 17.3 Å². The van der Waals surface area contributed by atoms with Crippen molar-refractivity contribution in [2.75, 3.05) is 0 Å². The number of ether oxygens (including phenoxy) is 3. The van der Waals surface area contributed by atoms with Gasteiger partial charge in [0.05, 0.1) is 22.3 Å². The van der Waals surface area contributed by atoms with Crippen molar-refractivity contribution in [2.24, 2.45) is 0 Å². The number of carbonyl (C=O) groups is 4. The fourth-order valence-corrected chi connectivity index (χ4v) is 3.42. The van der Waals surface area contributed by atoms with Crippen molar-refractivity contribution in [2.45, 2.75) is 13.3 Å². The van der Waals surface area contributed by atoms with Gasteiger partial charge in [-0.3, -0.25) is 4.79 Å². The lowest BCUT2D eigenvalue weighted by atomic mass is 10.1. The Hall–Kier alpha value is -5.04. The minimum absolute atomic E-state index is 0.00199. The summed E-state index contributed by atoms with van der Waals surface area (Å²) in [7, 11) is 0. The van der Waals surface area contributed by atoms with E-state index < -0.39 is 17.9 Å². The van der Waals surface area contributed by atoms with Crippen molar-refractivity contribution in [3.8, 4) is 17.2 Å². The van der Waals surface area contributed by atoms with Crippen LogP contribution in [0.4, 0.5) is 0 Å². The summed E-state index contributed by atoms with van der Waals surface area (Å²) >= 11 is 0. The molecule has 7 heteroatoms. The van der Waals surface area contributed by atoms with Crippen molar-refractivity contribution in [3.63, 3.8) is 0 Å². The summed E-state index contributed by atoms with van der Waals surface area (Å²) in [6.07, 6.45) is 0.0884. The molecule has 0 radical (unpaired) electrons. The zero-order valence-electron chi connectivity index (χ0n) is 19.9. The van der Waals surface area contributed by atoms with Crippen LogP contribution in [0.25, 0.3) is 0 Å². The summed E-state index contributed by atoms with van der Waals surface area (Å²) in [4.78, 5) is 51.5. The van der Waals surface area contributed by atoms with Crippen LogP contribution < -0.4 is 14.2 Å². The van der Waals surface area contributed by atoms with Crippen LogP contribution in [0.15, 0.2) is 103 Å². The van der Waals surface area contributed by atoms with E-state index in [1.165, 1.54) is 24.3 Å². The largest absolute Gasteiger partial charge is 0.419 e. The monoisotopic (exact) mass is 494 g/mol. The van der Waals surface area contributed by atoms with Gasteiger partial charge in [-0.05, 0) is 48.5 Å². The number of benzene rings is 4. The SMILES string of the molecule is CCC(=O)c1ccc(OC(=O)c2ccccc2)c(OC(=O)c2ccccc2)c1OC(=O)c1ccccc1. The summed E-state index contributed by atoms with van der Waals surface area (Å²) in [5.74, 6) is -3.54. The Kier molecular flexibility index (Phi) is 7.85. The Labute approximate surface area is 213 Å². The zero-order valence-corrected chi connectivity index (χ0v) is 19.9. The lowest BCUT2D eigenvalue weighted by Crippen LogP contribution is -2.17. The van der Waals surface area contributed by atoms with Crippen LogP contribution in [0, 0.1) is 0 Å². The number of rotatable bonds is 8. The maximum absolute atomic E-state index is 13.0. The lowest BCUT2D eigenvalue weighted by molar-refractivity contribution is 0.0655. The highest BCUT2D eigenvalue weighted by Crippen LogP contribution is 2.42. The van der Waals surface area contributed by atoms with Crippen LogP contribution in [-0.4, -0.2) is 23.7 Å². The molecule has 0 aliphatic carbocycles. The number of hydrogen-bond donors (Lipinski definition) is 0. The van der Waals surface area contributed by atoms with Crippen LogP contribution >= 0.6 is 0 Å². The van der Waals surface area contributed by atoms with Gasteiger partial charge in [0.25, 0.3) is 0 Å². The van der Waals surface area contributed by atoms with E-state index in [-0.39, 0.29) is 51.7 Å². The maximum atomic E-state index is 13.0. The van der Waals surface area contributed by atoms with E-state index in [1.807, 2.05) is 0 Å². The molecule has 4 aromatic carbocycles. The molecule has 0 saturated carbocycles. The number of esters is 3. The molecule has 184 valence electrons. The van der Waals surface area contributed by atoms with Crippen LogP contribution in [-0.2, 0) is 0 Å². The van der Waals surface area contributed by atoms with E-state index >= 15 is 0 Å². The number of Topliss-reactive ketones (excluding diaryl/α,β-unsaturated/α-hetero) is 1. The molecule has 0 bridgehead atoms. The van der Waals surface area contributed by atoms with Crippen LogP contribution in [0.5, 0.6) is 17.2 Å². The van der Waals surface area contributed by atoms with Gasteiger partial charge in [0, 0.05) is 6.42 Å². The Morgan fingerprint density at radius 2 is 0.919 bits per heavy atom. The molecule has 37 heavy (non-hydrogen) atoms. The molecule has 0 spiro atoms. The predicted molar refractivity (Wildman–Crippen MR) is 135 cm³/mol. The van der Waals surface area contributed by atoms with Gasteiger partial charge in [-0.2, -0.15) is 0 Å². The van der Waals surface area contributed by atoms with Crippen molar-refractivity contribution >= 4 is 23.7 Å². The predicted octanol–water partition coefficient (Wildman–Crippen LogP) is 5.94. The molecule has 4 aromatic rings. The highest BCUT2D eigenvalue weighted by molar-refractivity contribution is 6.03. The smallest absolute Gasteiger partial charge is 0.343 e. The van der Waals surface area contributed by atoms with Gasteiger partial charge in [-0.15, -0.1) is 0 Å². The third-order valence-corrected chi connectivity index (χ3v) is 5.32. The molecular weight excluding hydrogens is 472 g/mol. The average Bonchev–Trinajstić information content (AvgIpc) is 2.95. The molecule has 0 unspecified atom stereocenters. The van der Waals surface area contributed by atoms with E-state index in [4.69, 9.17) is 14.2 Å². The topological polar surface area (TPSA) is 96.0 Å². The van der Waals surface area contributed by atoms with Crippen LogP contribution in [0.1, 0.15) is 54.8 Å². The Morgan fingerprint density at radius 3 is 1.35 bits per heavy atom. The van der Waals surface area contributed by atoms with Crippen molar-refractivity contribution in [3.05, 3.63) is 125 Å². The van der Waals surface area contributed by atoms with Gasteiger partial charge in [-0.1, -0.05) is 61.5 Å². The quantitative estimate of drug-likeness (QED) is 0.170. The van der Waals surface area contributed by atoms with E-state index in [0.717, 1.165) is 0 Å². The second-order valence-corrected chi connectivity index (χ2v) is 7.81. The zero-order chi connectivity index (χ0) is 26.2. The van der Waals surface area contributed by atoms with Gasteiger partial charge >= 0.3 is 17.9 Å². The lowest BCUT2D eigenvalue weighted by Gasteiger charge is -2.17.